The number of methoxy groups -OCH3 is 1. The summed E-state index contributed by atoms with van der Waals surface area (Å²) in [5, 5.41) is 13.4. The number of phenolic OH excluding ortho intramolecular Hbond substituents is 1. The maximum Gasteiger partial charge on any atom is 0.271 e. The molecule has 0 amide bonds. The first kappa shape index (κ1) is 15.7. The highest BCUT2D eigenvalue weighted by Gasteiger charge is 2.31. The van der Waals surface area contributed by atoms with Gasteiger partial charge in [0.1, 0.15) is 0 Å². The fraction of sp³-hybridized carbons (Fsp3) is 0.375. The largest absolute Gasteiger partial charge is 0.504 e. The zero-order chi connectivity index (χ0) is 16.7. The summed E-state index contributed by atoms with van der Waals surface area (Å²) < 4.78 is 6.98. The van der Waals surface area contributed by atoms with Crippen LogP contribution in [0.4, 0.5) is 5.82 Å². The predicted octanol–water partition coefficient (Wildman–Crippen LogP) is 3.36. The number of phenols is 1. The molecule has 0 spiro atoms. The molecule has 122 valence electrons. The fourth-order valence-corrected chi connectivity index (χ4v) is 3.77. The molecule has 2 heterocycles. The van der Waals surface area contributed by atoms with Crippen LogP contribution in [0.2, 0.25) is 0 Å². The first-order valence-corrected chi connectivity index (χ1v) is 8.23. The monoisotopic (exact) mass is 333 g/mol. The second-order valence-corrected chi connectivity index (χ2v) is 7.00. The number of aliphatic imine (C=N–C) groups is 1. The molecule has 1 aliphatic heterocycles. The summed E-state index contributed by atoms with van der Waals surface area (Å²) in [6, 6.07) is 5.27. The minimum Gasteiger partial charge on any atom is -0.504 e. The van der Waals surface area contributed by atoms with Gasteiger partial charge in [-0.3, -0.25) is 14.6 Å². The number of hydrogen-bond donors (Lipinski definition) is 2. The van der Waals surface area contributed by atoms with Crippen molar-refractivity contribution >= 4 is 22.6 Å². The first-order chi connectivity index (χ1) is 10.9. The van der Waals surface area contributed by atoms with E-state index in [4.69, 9.17) is 4.74 Å². The maximum absolute atomic E-state index is 12.5. The quantitative estimate of drug-likeness (QED) is 0.902. The van der Waals surface area contributed by atoms with Crippen molar-refractivity contribution < 1.29 is 9.84 Å². The van der Waals surface area contributed by atoms with Gasteiger partial charge < -0.3 is 9.84 Å². The van der Waals surface area contributed by atoms with Crippen LogP contribution < -0.4 is 10.3 Å². The number of nitrogens with one attached hydrogen (secondary N) is 1. The highest BCUT2D eigenvalue weighted by molar-refractivity contribution is 8.14. The van der Waals surface area contributed by atoms with Gasteiger partial charge in [-0.15, -0.1) is 0 Å². The van der Waals surface area contributed by atoms with Crippen LogP contribution in [0, 0.1) is 0 Å². The van der Waals surface area contributed by atoms with Gasteiger partial charge in [-0.25, -0.2) is 4.99 Å². The van der Waals surface area contributed by atoms with Crippen LogP contribution in [-0.4, -0.2) is 27.0 Å². The van der Waals surface area contributed by atoms with E-state index in [-0.39, 0.29) is 22.6 Å². The lowest BCUT2D eigenvalue weighted by molar-refractivity contribution is 0.373. The van der Waals surface area contributed by atoms with Gasteiger partial charge in [0.2, 0.25) is 0 Å². The van der Waals surface area contributed by atoms with Crippen molar-refractivity contribution in [3.63, 3.8) is 0 Å². The zero-order valence-corrected chi connectivity index (χ0v) is 14.3. The van der Waals surface area contributed by atoms with Crippen LogP contribution in [0.25, 0.3) is 0 Å². The van der Waals surface area contributed by atoms with Gasteiger partial charge in [-0.2, -0.15) is 0 Å². The van der Waals surface area contributed by atoms with Crippen molar-refractivity contribution in [2.45, 2.75) is 32.1 Å². The average molecular weight is 333 g/mol. The van der Waals surface area contributed by atoms with E-state index in [9.17, 15) is 9.90 Å². The fourth-order valence-electron chi connectivity index (χ4n) is 2.67. The number of aromatic hydroxyl groups is 1. The van der Waals surface area contributed by atoms with Gasteiger partial charge in [-0.05, 0) is 38.5 Å². The van der Waals surface area contributed by atoms with E-state index < -0.39 is 0 Å². The molecule has 1 aromatic carbocycles. The third kappa shape index (κ3) is 2.65. The number of aromatic amines is 1. The molecule has 6 nitrogen and oxygen atoms in total. The van der Waals surface area contributed by atoms with Crippen LogP contribution >= 0.6 is 11.8 Å². The lowest BCUT2D eigenvalue weighted by Crippen LogP contribution is -2.13. The Hall–Kier alpha value is -2.15. The standard InChI is InChI=1S/C16H19N3O3S/c1-8(2)19-15-13(16(21)18-19)14(23-9(3)17-15)10-5-6-11(20)12(7-10)22-4/h5-8,14,20H,1-4H3,(H,18,21). The topological polar surface area (TPSA) is 79.6 Å². The molecule has 0 saturated carbocycles. The minimum absolute atomic E-state index is 0.0799. The smallest absolute Gasteiger partial charge is 0.271 e. The zero-order valence-electron chi connectivity index (χ0n) is 13.5. The van der Waals surface area contributed by atoms with Gasteiger partial charge in [-0.1, -0.05) is 17.8 Å². The van der Waals surface area contributed by atoms with E-state index >= 15 is 0 Å². The minimum atomic E-state index is -0.180. The molecular weight excluding hydrogens is 314 g/mol. The molecule has 0 bridgehead atoms. The molecule has 3 rings (SSSR count). The molecule has 0 saturated heterocycles. The highest BCUT2D eigenvalue weighted by Crippen LogP contribution is 2.45. The maximum atomic E-state index is 12.5. The first-order valence-electron chi connectivity index (χ1n) is 7.35. The predicted molar refractivity (Wildman–Crippen MR) is 92.3 cm³/mol. The lowest BCUT2D eigenvalue weighted by Gasteiger charge is -2.22. The summed E-state index contributed by atoms with van der Waals surface area (Å²) >= 11 is 1.53. The van der Waals surface area contributed by atoms with Crippen molar-refractivity contribution in [3.05, 3.63) is 39.7 Å². The van der Waals surface area contributed by atoms with Crippen LogP contribution in [-0.2, 0) is 0 Å². The molecule has 1 aromatic heterocycles. The van der Waals surface area contributed by atoms with E-state index in [1.54, 1.807) is 16.8 Å². The number of H-pyrrole nitrogens is 1. The van der Waals surface area contributed by atoms with Crippen LogP contribution in [0.1, 0.15) is 43.2 Å². The molecule has 0 radical (unpaired) electrons. The summed E-state index contributed by atoms with van der Waals surface area (Å²) in [6.45, 7) is 5.93. The molecule has 1 unspecified atom stereocenters. The molecule has 7 heteroatoms. The number of nitrogens with zero attached hydrogens (tertiary/aromatic N) is 2. The summed E-state index contributed by atoms with van der Waals surface area (Å²) in [6.07, 6.45) is 0. The summed E-state index contributed by atoms with van der Waals surface area (Å²) in [4.78, 5) is 17.0. The Bertz CT molecular complexity index is 836. The number of rotatable bonds is 3. The van der Waals surface area contributed by atoms with Gasteiger partial charge in [0.25, 0.3) is 5.56 Å². The average Bonchev–Trinajstić information content (AvgIpc) is 2.84. The van der Waals surface area contributed by atoms with Gasteiger partial charge in [0.05, 0.1) is 23.0 Å². The highest BCUT2D eigenvalue weighted by atomic mass is 32.2. The van der Waals surface area contributed by atoms with Crippen molar-refractivity contribution in [3.8, 4) is 11.5 Å². The van der Waals surface area contributed by atoms with E-state index in [1.807, 2.05) is 26.8 Å². The Morgan fingerprint density at radius 3 is 2.83 bits per heavy atom. The number of fused-ring (bicyclic) bond motifs is 1. The molecule has 2 aromatic rings. The van der Waals surface area contributed by atoms with Crippen molar-refractivity contribution in [2.75, 3.05) is 7.11 Å². The molecule has 1 atom stereocenters. The Morgan fingerprint density at radius 1 is 1.43 bits per heavy atom. The third-order valence-electron chi connectivity index (χ3n) is 3.77. The normalized spacial score (nSPS) is 17.1. The molecule has 1 aliphatic rings. The number of ether oxygens (including phenoxy) is 1. The summed E-state index contributed by atoms with van der Waals surface area (Å²) in [5.74, 6) is 1.15. The van der Waals surface area contributed by atoms with Crippen LogP contribution in [0.3, 0.4) is 0 Å². The van der Waals surface area contributed by atoms with Gasteiger partial charge in [0.15, 0.2) is 17.3 Å². The summed E-state index contributed by atoms with van der Waals surface area (Å²) in [5.41, 5.74) is 1.41. The van der Waals surface area contributed by atoms with Gasteiger partial charge in [0, 0.05) is 6.04 Å². The summed E-state index contributed by atoms with van der Waals surface area (Å²) in [7, 11) is 1.51. The van der Waals surface area contributed by atoms with Gasteiger partial charge >= 0.3 is 0 Å². The second-order valence-electron chi connectivity index (χ2n) is 5.70. The van der Waals surface area contributed by atoms with Crippen molar-refractivity contribution in [2.24, 2.45) is 4.99 Å². The Balaban J connectivity index is 2.17. The van der Waals surface area contributed by atoms with E-state index in [1.165, 1.54) is 18.9 Å². The molecular formula is C16H19N3O3S. The third-order valence-corrected chi connectivity index (χ3v) is 4.95. The molecule has 2 N–H and O–H groups in total. The number of thioether (sulfide) groups is 1. The van der Waals surface area contributed by atoms with Crippen LogP contribution in [0.5, 0.6) is 11.5 Å². The van der Waals surface area contributed by atoms with Crippen LogP contribution in [0.15, 0.2) is 28.0 Å². The molecule has 0 aliphatic carbocycles. The lowest BCUT2D eigenvalue weighted by atomic mass is 10.1. The Labute approximate surface area is 138 Å². The second kappa shape index (κ2) is 5.81. The number of aromatic nitrogens is 2. The molecule has 0 fully saturated rings. The number of hydrogen-bond acceptors (Lipinski definition) is 5. The van der Waals surface area contributed by atoms with Crippen molar-refractivity contribution in [1.82, 2.24) is 9.78 Å². The van der Waals surface area contributed by atoms with E-state index in [0.717, 1.165) is 10.6 Å². The van der Waals surface area contributed by atoms with E-state index in [0.29, 0.717) is 17.1 Å². The Morgan fingerprint density at radius 2 is 2.17 bits per heavy atom. The Kier molecular flexibility index (Phi) is 3.97. The van der Waals surface area contributed by atoms with Crippen molar-refractivity contribution in [1.29, 1.82) is 0 Å². The molecule has 23 heavy (non-hydrogen) atoms. The SMILES string of the molecule is COc1cc(C2SC(C)=Nc3c2c(=O)[nH]n3C(C)C)ccc1O. The van der Waals surface area contributed by atoms with E-state index in [2.05, 4.69) is 10.1 Å². The number of benzene rings is 1.